The van der Waals surface area contributed by atoms with Gasteiger partial charge in [-0.1, -0.05) is 34.1 Å². The molecule has 21 heavy (non-hydrogen) atoms. The van der Waals surface area contributed by atoms with E-state index in [0.29, 0.717) is 5.95 Å². The Labute approximate surface area is 129 Å². The van der Waals surface area contributed by atoms with Gasteiger partial charge < -0.3 is 5.73 Å². The van der Waals surface area contributed by atoms with E-state index in [1.54, 1.807) is 6.20 Å². The highest BCUT2D eigenvalue weighted by Gasteiger charge is 2.13. The summed E-state index contributed by atoms with van der Waals surface area (Å²) in [4.78, 5) is 8.92. The molecule has 0 radical (unpaired) electrons. The number of rotatable bonds is 1. The maximum atomic E-state index is 6.14. The van der Waals surface area contributed by atoms with Gasteiger partial charge in [0.05, 0.1) is 22.2 Å². The molecule has 0 unspecified atom stereocenters. The summed E-state index contributed by atoms with van der Waals surface area (Å²) in [6, 6.07) is 15.9. The third kappa shape index (κ3) is 1.89. The zero-order valence-corrected chi connectivity index (χ0v) is 12.6. The topological polar surface area (TPSA) is 56.7 Å². The number of nitrogens with two attached hydrogens (primary N) is 1. The second-order valence-corrected chi connectivity index (χ2v) is 5.71. The summed E-state index contributed by atoms with van der Waals surface area (Å²) in [5.74, 6) is 0.459. The molecule has 4 aromatic rings. The summed E-state index contributed by atoms with van der Waals surface area (Å²) in [5, 5.41) is 1.08. The van der Waals surface area contributed by atoms with Gasteiger partial charge in [0.25, 0.3) is 0 Å². The molecule has 4 nitrogen and oxygen atoms in total. The lowest BCUT2D eigenvalue weighted by Crippen LogP contribution is -2.02. The summed E-state index contributed by atoms with van der Waals surface area (Å²) in [6.45, 7) is 0. The second-order valence-electron chi connectivity index (χ2n) is 4.79. The van der Waals surface area contributed by atoms with E-state index in [1.165, 1.54) is 0 Å². The number of fused-ring (bicyclic) bond motifs is 2. The van der Waals surface area contributed by atoms with Crippen molar-refractivity contribution >= 4 is 43.8 Å². The Morgan fingerprint density at radius 2 is 1.90 bits per heavy atom. The zero-order valence-electron chi connectivity index (χ0n) is 11.0. The summed E-state index contributed by atoms with van der Waals surface area (Å²) in [6.07, 6.45) is 1.79. The molecule has 5 heteroatoms. The van der Waals surface area contributed by atoms with E-state index in [0.717, 1.165) is 32.1 Å². The lowest BCUT2D eigenvalue weighted by atomic mass is 10.2. The normalized spacial score (nSPS) is 11.3. The van der Waals surface area contributed by atoms with Crippen molar-refractivity contribution in [2.75, 3.05) is 5.73 Å². The van der Waals surface area contributed by atoms with Crippen molar-refractivity contribution in [1.82, 2.24) is 14.5 Å². The first kappa shape index (κ1) is 12.3. The minimum absolute atomic E-state index is 0.459. The van der Waals surface area contributed by atoms with Gasteiger partial charge in [0, 0.05) is 16.1 Å². The van der Waals surface area contributed by atoms with Gasteiger partial charge in [0.15, 0.2) is 0 Å². The van der Waals surface area contributed by atoms with Crippen molar-refractivity contribution < 1.29 is 0 Å². The molecule has 2 N–H and O–H groups in total. The molecule has 0 amide bonds. The molecule has 0 aliphatic heterocycles. The third-order valence-corrected chi connectivity index (χ3v) is 3.99. The van der Waals surface area contributed by atoms with Crippen molar-refractivity contribution in [3.8, 4) is 5.69 Å². The van der Waals surface area contributed by atoms with Gasteiger partial charge in [0.2, 0.25) is 5.95 Å². The van der Waals surface area contributed by atoms with Crippen LogP contribution in [0.4, 0.5) is 5.95 Å². The SMILES string of the molecule is Nc1nc2ccc(Br)cc2n1-c1cccc2cccnc12. The van der Waals surface area contributed by atoms with Crippen LogP contribution in [-0.2, 0) is 0 Å². The van der Waals surface area contributed by atoms with Crippen LogP contribution in [0.25, 0.3) is 27.6 Å². The van der Waals surface area contributed by atoms with Crippen molar-refractivity contribution in [2.24, 2.45) is 0 Å². The van der Waals surface area contributed by atoms with E-state index in [4.69, 9.17) is 5.73 Å². The fraction of sp³-hybridized carbons (Fsp3) is 0. The zero-order chi connectivity index (χ0) is 14.4. The van der Waals surface area contributed by atoms with Crippen molar-refractivity contribution in [2.45, 2.75) is 0 Å². The quantitative estimate of drug-likeness (QED) is 0.572. The lowest BCUT2D eigenvalue weighted by molar-refractivity contribution is 1.11. The molecule has 0 saturated heterocycles. The van der Waals surface area contributed by atoms with Gasteiger partial charge in [-0.3, -0.25) is 9.55 Å². The minimum Gasteiger partial charge on any atom is -0.369 e. The Bertz CT molecular complexity index is 969. The summed E-state index contributed by atoms with van der Waals surface area (Å²) in [5.41, 5.74) is 9.80. The van der Waals surface area contributed by atoms with E-state index in [2.05, 4.69) is 25.9 Å². The van der Waals surface area contributed by atoms with Gasteiger partial charge in [-0.2, -0.15) is 0 Å². The van der Waals surface area contributed by atoms with Crippen LogP contribution in [0.2, 0.25) is 0 Å². The average Bonchev–Trinajstić information content (AvgIpc) is 2.82. The second kappa shape index (κ2) is 4.56. The summed E-state index contributed by atoms with van der Waals surface area (Å²) in [7, 11) is 0. The molecular weight excluding hydrogens is 328 g/mol. The van der Waals surface area contributed by atoms with Crippen LogP contribution >= 0.6 is 15.9 Å². The van der Waals surface area contributed by atoms with Gasteiger partial charge >= 0.3 is 0 Å². The van der Waals surface area contributed by atoms with Crippen LogP contribution in [0.1, 0.15) is 0 Å². The number of halogens is 1. The Kier molecular flexibility index (Phi) is 2.68. The number of benzene rings is 2. The smallest absolute Gasteiger partial charge is 0.206 e. The van der Waals surface area contributed by atoms with Crippen LogP contribution in [0.5, 0.6) is 0 Å². The van der Waals surface area contributed by atoms with Crippen LogP contribution in [-0.4, -0.2) is 14.5 Å². The maximum absolute atomic E-state index is 6.14. The molecule has 0 fully saturated rings. The number of pyridine rings is 1. The van der Waals surface area contributed by atoms with Crippen LogP contribution in [0.15, 0.2) is 59.2 Å². The molecule has 2 aromatic carbocycles. The van der Waals surface area contributed by atoms with Crippen molar-refractivity contribution in [1.29, 1.82) is 0 Å². The first-order valence-corrected chi connectivity index (χ1v) is 7.31. The predicted octanol–water partition coefficient (Wildman–Crippen LogP) is 3.92. The van der Waals surface area contributed by atoms with E-state index < -0.39 is 0 Å². The van der Waals surface area contributed by atoms with Crippen molar-refractivity contribution in [3.63, 3.8) is 0 Å². The van der Waals surface area contributed by atoms with E-state index in [1.807, 2.05) is 53.1 Å². The van der Waals surface area contributed by atoms with Crippen LogP contribution < -0.4 is 5.73 Å². The molecule has 2 heterocycles. The highest BCUT2D eigenvalue weighted by molar-refractivity contribution is 9.10. The standard InChI is InChI=1S/C16H11BrN4/c17-11-6-7-12-14(9-11)21(16(18)20-12)13-5-1-3-10-4-2-8-19-15(10)13/h1-9H,(H2,18,20). The molecule has 0 spiro atoms. The molecule has 2 aromatic heterocycles. The Hall–Kier alpha value is -2.40. The molecule has 102 valence electrons. The number of anilines is 1. The summed E-state index contributed by atoms with van der Waals surface area (Å²) >= 11 is 3.50. The number of para-hydroxylation sites is 1. The van der Waals surface area contributed by atoms with Gasteiger partial charge in [-0.15, -0.1) is 0 Å². The van der Waals surface area contributed by atoms with E-state index >= 15 is 0 Å². The molecule has 0 atom stereocenters. The highest BCUT2D eigenvalue weighted by Crippen LogP contribution is 2.29. The molecule has 0 aliphatic carbocycles. The Balaban J connectivity index is 2.14. The van der Waals surface area contributed by atoms with E-state index in [-0.39, 0.29) is 0 Å². The Morgan fingerprint density at radius 1 is 1.05 bits per heavy atom. The maximum Gasteiger partial charge on any atom is 0.206 e. The van der Waals surface area contributed by atoms with Crippen LogP contribution in [0.3, 0.4) is 0 Å². The number of imidazole rings is 1. The summed E-state index contributed by atoms with van der Waals surface area (Å²) < 4.78 is 2.93. The van der Waals surface area contributed by atoms with Crippen molar-refractivity contribution in [3.05, 3.63) is 59.2 Å². The van der Waals surface area contributed by atoms with Gasteiger partial charge in [-0.05, 0) is 30.3 Å². The number of nitrogens with zero attached hydrogens (tertiary/aromatic N) is 3. The molecular formula is C16H11BrN4. The fourth-order valence-corrected chi connectivity index (χ4v) is 2.94. The highest BCUT2D eigenvalue weighted by atomic mass is 79.9. The molecule has 0 aliphatic rings. The average molecular weight is 339 g/mol. The Morgan fingerprint density at radius 3 is 2.81 bits per heavy atom. The number of nitrogen functional groups attached to an aromatic ring is 1. The molecule has 4 rings (SSSR count). The van der Waals surface area contributed by atoms with E-state index in [9.17, 15) is 0 Å². The van der Waals surface area contributed by atoms with Gasteiger partial charge in [0.1, 0.15) is 0 Å². The van der Waals surface area contributed by atoms with Crippen LogP contribution in [0, 0.1) is 0 Å². The minimum atomic E-state index is 0.459. The lowest BCUT2D eigenvalue weighted by Gasteiger charge is -2.09. The molecule has 0 bridgehead atoms. The largest absolute Gasteiger partial charge is 0.369 e. The number of hydrogen-bond donors (Lipinski definition) is 1. The number of hydrogen-bond acceptors (Lipinski definition) is 3. The number of aromatic nitrogens is 3. The first-order chi connectivity index (χ1) is 10.2. The van der Waals surface area contributed by atoms with Gasteiger partial charge in [-0.25, -0.2) is 4.98 Å². The molecule has 0 saturated carbocycles. The predicted molar refractivity (Wildman–Crippen MR) is 88.5 cm³/mol. The monoisotopic (exact) mass is 338 g/mol. The first-order valence-electron chi connectivity index (χ1n) is 6.51. The third-order valence-electron chi connectivity index (χ3n) is 3.49. The fourth-order valence-electron chi connectivity index (χ4n) is 2.59.